The third kappa shape index (κ3) is 3.65. The number of hydrogen-bond acceptors (Lipinski definition) is 1. The minimum atomic E-state index is -4.30. The number of alkyl halides is 3. The molecule has 0 bridgehead atoms. The van der Waals surface area contributed by atoms with Crippen molar-refractivity contribution >= 4 is 0 Å². The van der Waals surface area contributed by atoms with Gasteiger partial charge in [0.1, 0.15) is 5.75 Å². The summed E-state index contributed by atoms with van der Waals surface area (Å²) in [5.74, 6) is 1.02. The Morgan fingerprint density at radius 3 is 2.28 bits per heavy atom. The third-order valence-corrected chi connectivity index (χ3v) is 2.87. The summed E-state index contributed by atoms with van der Waals surface area (Å²) in [7, 11) is 1.49. The van der Waals surface area contributed by atoms with E-state index in [-0.39, 0.29) is 0 Å². The van der Waals surface area contributed by atoms with Gasteiger partial charge in [-0.25, -0.2) is 0 Å². The predicted molar refractivity (Wildman–Crippen MR) is 65.9 cm³/mol. The molecule has 0 heterocycles. The molecule has 1 rings (SSSR count). The van der Waals surface area contributed by atoms with Crippen molar-refractivity contribution in [1.82, 2.24) is 0 Å². The molecule has 0 spiro atoms. The zero-order valence-corrected chi connectivity index (χ0v) is 11.2. The zero-order chi connectivity index (χ0) is 13.9. The molecule has 0 unspecified atom stereocenters. The Bertz CT molecular complexity index is 408. The highest BCUT2D eigenvalue weighted by Gasteiger charge is 2.31. The fourth-order valence-electron chi connectivity index (χ4n) is 1.93. The van der Waals surface area contributed by atoms with Crippen molar-refractivity contribution in [2.45, 2.75) is 39.8 Å². The molecule has 4 heteroatoms. The fourth-order valence-corrected chi connectivity index (χ4v) is 1.93. The van der Waals surface area contributed by atoms with Gasteiger partial charge in [-0.05, 0) is 48.9 Å². The van der Waals surface area contributed by atoms with Crippen LogP contribution in [0.3, 0.4) is 0 Å². The van der Waals surface area contributed by atoms with Crippen LogP contribution in [0, 0.1) is 12.8 Å². The van der Waals surface area contributed by atoms with Crippen LogP contribution in [0.4, 0.5) is 13.2 Å². The summed E-state index contributed by atoms with van der Waals surface area (Å²) in [5, 5.41) is 0. The zero-order valence-electron chi connectivity index (χ0n) is 11.2. The van der Waals surface area contributed by atoms with Crippen molar-refractivity contribution in [3.63, 3.8) is 0 Å². The van der Waals surface area contributed by atoms with Crippen molar-refractivity contribution in [2.24, 2.45) is 5.92 Å². The lowest BCUT2D eigenvalue weighted by Gasteiger charge is -2.16. The maximum atomic E-state index is 12.7. The lowest BCUT2D eigenvalue weighted by molar-refractivity contribution is -0.137. The molecule has 0 radical (unpaired) electrons. The van der Waals surface area contributed by atoms with Crippen LogP contribution in [0.2, 0.25) is 0 Å². The van der Waals surface area contributed by atoms with Crippen LogP contribution in [-0.4, -0.2) is 7.11 Å². The molecule has 0 saturated heterocycles. The van der Waals surface area contributed by atoms with Gasteiger partial charge >= 0.3 is 6.18 Å². The van der Waals surface area contributed by atoms with E-state index in [1.54, 1.807) is 6.92 Å². The van der Waals surface area contributed by atoms with E-state index in [1.165, 1.54) is 13.2 Å². The first kappa shape index (κ1) is 14.9. The Kier molecular flexibility index (Phi) is 4.65. The Labute approximate surface area is 106 Å². The van der Waals surface area contributed by atoms with Crippen molar-refractivity contribution in [3.05, 3.63) is 28.8 Å². The highest BCUT2D eigenvalue weighted by molar-refractivity contribution is 5.45. The van der Waals surface area contributed by atoms with Gasteiger partial charge in [-0.1, -0.05) is 13.8 Å². The van der Waals surface area contributed by atoms with Gasteiger partial charge in [0, 0.05) is 0 Å². The Balaban J connectivity index is 3.15. The number of ether oxygens (including phenoxy) is 1. The standard InChI is InChI=1S/C14H19F3O/c1-9(2)5-6-11-8-12(14(15,16)17)7-10(3)13(11)18-4/h7-9H,5-6H2,1-4H3. The van der Waals surface area contributed by atoms with Crippen LogP contribution in [0.15, 0.2) is 12.1 Å². The lowest BCUT2D eigenvalue weighted by atomic mass is 9.97. The third-order valence-electron chi connectivity index (χ3n) is 2.87. The quantitative estimate of drug-likeness (QED) is 0.768. The number of benzene rings is 1. The monoisotopic (exact) mass is 260 g/mol. The van der Waals surface area contributed by atoms with Crippen LogP contribution in [0.1, 0.15) is 37.0 Å². The second-order valence-electron chi connectivity index (χ2n) is 4.92. The molecule has 1 aromatic rings. The highest BCUT2D eigenvalue weighted by atomic mass is 19.4. The molecule has 102 valence electrons. The largest absolute Gasteiger partial charge is 0.496 e. The molecule has 18 heavy (non-hydrogen) atoms. The first-order valence-corrected chi connectivity index (χ1v) is 6.00. The Hall–Kier alpha value is -1.19. The maximum Gasteiger partial charge on any atom is 0.416 e. The summed E-state index contributed by atoms with van der Waals surface area (Å²) >= 11 is 0. The van der Waals surface area contributed by atoms with E-state index in [2.05, 4.69) is 0 Å². The average molecular weight is 260 g/mol. The summed E-state index contributed by atoms with van der Waals surface area (Å²) in [6, 6.07) is 2.34. The molecular weight excluding hydrogens is 241 g/mol. The minimum absolute atomic E-state index is 0.449. The van der Waals surface area contributed by atoms with E-state index in [4.69, 9.17) is 4.74 Å². The van der Waals surface area contributed by atoms with E-state index < -0.39 is 11.7 Å². The smallest absolute Gasteiger partial charge is 0.416 e. The van der Waals surface area contributed by atoms with Crippen LogP contribution in [0.25, 0.3) is 0 Å². The molecule has 0 N–H and O–H groups in total. The fraction of sp³-hybridized carbons (Fsp3) is 0.571. The van der Waals surface area contributed by atoms with Crippen molar-refractivity contribution in [3.8, 4) is 5.75 Å². The first-order chi connectivity index (χ1) is 8.25. The Morgan fingerprint density at radius 1 is 1.22 bits per heavy atom. The van der Waals surface area contributed by atoms with Crippen LogP contribution in [-0.2, 0) is 12.6 Å². The highest BCUT2D eigenvalue weighted by Crippen LogP contribution is 2.35. The van der Waals surface area contributed by atoms with E-state index >= 15 is 0 Å². The molecule has 0 amide bonds. The predicted octanol–water partition coefficient (Wildman–Crippen LogP) is 4.61. The van der Waals surface area contributed by atoms with Gasteiger partial charge < -0.3 is 4.74 Å². The minimum Gasteiger partial charge on any atom is -0.496 e. The SMILES string of the molecule is COc1c(C)cc(C(F)(F)F)cc1CCC(C)C. The van der Waals surface area contributed by atoms with Gasteiger partial charge in [0.25, 0.3) is 0 Å². The van der Waals surface area contributed by atoms with Crippen LogP contribution in [0.5, 0.6) is 5.75 Å². The molecule has 0 saturated carbocycles. The summed E-state index contributed by atoms with van der Waals surface area (Å²) in [6.07, 6.45) is -2.85. The maximum absolute atomic E-state index is 12.7. The van der Waals surface area contributed by atoms with Crippen molar-refractivity contribution in [2.75, 3.05) is 7.11 Å². The van der Waals surface area contributed by atoms with E-state index in [0.29, 0.717) is 29.2 Å². The molecular formula is C14H19F3O. The van der Waals surface area contributed by atoms with Gasteiger partial charge in [-0.15, -0.1) is 0 Å². The summed E-state index contributed by atoms with van der Waals surface area (Å²) in [4.78, 5) is 0. The van der Waals surface area contributed by atoms with Crippen molar-refractivity contribution in [1.29, 1.82) is 0 Å². The first-order valence-electron chi connectivity index (χ1n) is 6.00. The molecule has 0 aliphatic carbocycles. The average Bonchev–Trinajstić information content (AvgIpc) is 2.24. The summed E-state index contributed by atoms with van der Waals surface area (Å²) in [6.45, 7) is 5.74. The van der Waals surface area contributed by atoms with E-state index in [1.807, 2.05) is 13.8 Å². The summed E-state index contributed by atoms with van der Waals surface area (Å²) in [5.41, 5.74) is 0.573. The van der Waals surface area contributed by atoms with Gasteiger partial charge in [0.15, 0.2) is 0 Å². The van der Waals surface area contributed by atoms with Gasteiger partial charge in [-0.2, -0.15) is 13.2 Å². The molecule has 0 aliphatic rings. The lowest BCUT2D eigenvalue weighted by Crippen LogP contribution is -2.08. The normalized spacial score (nSPS) is 12.0. The molecule has 0 fully saturated rings. The topological polar surface area (TPSA) is 9.23 Å². The second kappa shape index (κ2) is 5.63. The van der Waals surface area contributed by atoms with Gasteiger partial charge in [0.2, 0.25) is 0 Å². The second-order valence-corrected chi connectivity index (χ2v) is 4.92. The van der Waals surface area contributed by atoms with Crippen LogP contribution < -0.4 is 4.74 Å². The molecule has 1 nitrogen and oxygen atoms in total. The number of methoxy groups -OCH3 is 1. The molecule has 0 aliphatic heterocycles. The van der Waals surface area contributed by atoms with E-state index in [0.717, 1.165) is 12.5 Å². The summed E-state index contributed by atoms with van der Waals surface area (Å²) < 4.78 is 43.4. The molecule has 0 aromatic heterocycles. The number of aryl methyl sites for hydroxylation is 2. The molecule has 1 aromatic carbocycles. The van der Waals surface area contributed by atoms with Crippen LogP contribution >= 0.6 is 0 Å². The molecule has 0 atom stereocenters. The van der Waals surface area contributed by atoms with Gasteiger partial charge in [0.05, 0.1) is 12.7 Å². The number of hydrogen-bond donors (Lipinski definition) is 0. The number of rotatable bonds is 4. The van der Waals surface area contributed by atoms with E-state index in [9.17, 15) is 13.2 Å². The number of halogens is 3. The van der Waals surface area contributed by atoms with Gasteiger partial charge in [-0.3, -0.25) is 0 Å². The van der Waals surface area contributed by atoms with Crippen molar-refractivity contribution < 1.29 is 17.9 Å². The Morgan fingerprint density at radius 2 is 1.83 bits per heavy atom.